The number of hydrogen-bond donors (Lipinski definition) is 0. The molecule has 0 radical (unpaired) electrons. The maximum atomic E-state index is 12.7. The van der Waals surface area contributed by atoms with Crippen LogP contribution in [0.15, 0.2) is 0 Å². The topological polar surface area (TPSA) is 32.8 Å². The molecule has 2 aliphatic heterocycles. The minimum Gasteiger partial charge on any atom is -0.378 e. The van der Waals surface area contributed by atoms with Crippen molar-refractivity contribution in [2.24, 2.45) is 0 Å². The Kier molecular flexibility index (Phi) is 4.32. The molecule has 0 aromatic rings. The molecule has 1 atom stereocenters. The van der Waals surface area contributed by atoms with E-state index >= 15 is 0 Å². The summed E-state index contributed by atoms with van der Waals surface area (Å²) in [7, 11) is 0. The van der Waals surface area contributed by atoms with Gasteiger partial charge in [0.1, 0.15) is 0 Å². The third kappa shape index (κ3) is 2.73. The highest BCUT2D eigenvalue weighted by atomic mass is 16.5. The van der Waals surface area contributed by atoms with Crippen LogP contribution in [0.3, 0.4) is 0 Å². The first kappa shape index (κ1) is 14.3. The Morgan fingerprint density at radius 2 is 2.00 bits per heavy atom. The number of morpholine rings is 1. The molecule has 0 bridgehead atoms. The molecule has 20 heavy (non-hydrogen) atoms. The number of carbonyl (C=O) groups excluding carboxylic acids is 1. The molecule has 1 saturated carbocycles. The first-order chi connectivity index (χ1) is 9.71. The van der Waals surface area contributed by atoms with Crippen LogP contribution in [0.4, 0.5) is 0 Å². The SMILES string of the molecule is CC1CCCCN1C(=O)CN1CCOCC12CCCC2. The molecule has 114 valence electrons. The van der Waals surface area contributed by atoms with E-state index in [1.165, 1.54) is 44.9 Å². The van der Waals surface area contributed by atoms with E-state index in [4.69, 9.17) is 4.74 Å². The quantitative estimate of drug-likeness (QED) is 0.776. The molecule has 0 aromatic carbocycles. The zero-order valence-electron chi connectivity index (χ0n) is 12.8. The third-order valence-corrected chi connectivity index (χ3v) is 5.53. The predicted molar refractivity (Wildman–Crippen MR) is 78.6 cm³/mol. The molecule has 3 rings (SSSR count). The van der Waals surface area contributed by atoms with E-state index in [1.54, 1.807) is 0 Å². The lowest BCUT2D eigenvalue weighted by molar-refractivity contribution is -0.141. The number of piperidine rings is 1. The molecular weight excluding hydrogens is 252 g/mol. The van der Waals surface area contributed by atoms with E-state index in [1.807, 2.05) is 0 Å². The largest absolute Gasteiger partial charge is 0.378 e. The summed E-state index contributed by atoms with van der Waals surface area (Å²) in [5.74, 6) is 0.338. The van der Waals surface area contributed by atoms with Gasteiger partial charge in [0.15, 0.2) is 0 Å². The molecule has 3 fully saturated rings. The summed E-state index contributed by atoms with van der Waals surface area (Å²) in [4.78, 5) is 17.2. The van der Waals surface area contributed by atoms with E-state index < -0.39 is 0 Å². The van der Waals surface area contributed by atoms with E-state index in [2.05, 4.69) is 16.7 Å². The zero-order valence-corrected chi connectivity index (χ0v) is 12.8. The Hall–Kier alpha value is -0.610. The number of ether oxygens (including phenoxy) is 1. The Morgan fingerprint density at radius 3 is 2.75 bits per heavy atom. The molecular formula is C16H28N2O2. The molecule has 4 heteroatoms. The predicted octanol–water partition coefficient (Wildman–Crippen LogP) is 2.03. The van der Waals surface area contributed by atoms with Gasteiger partial charge in [0.25, 0.3) is 0 Å². The molecule has 1 unspecified atom stereocenters. The number of carbonyl (C=O) groups is 1. The van der Waals surface area contributed by atoms with Gasteiger partial charge in [-0.2, -0.15) is 0 Å². The highest BCUT2D eigenvalue weighted by molar-refractivity contribution is 5.78. The molecule has 2 saturated heterocycles. The molecule has 1 aliphatic carbocycles. The molecule has 1 amide bonds. The Balaban J connectivity index is 1.64. The van der Waals surface area contributed by atoms with E-state index in [9.17, 15) is 4.79 Å². The highest BCUT2D eigenvalue weighted by Crippen LogP contribution is 2.37. The maximum absolute atomic E-state index is 12.7. The standard InChI is InChI=1S/C16H28N2O2/c1-14-6-2-5-9-18(14)15(19)12-17-10-11-20-13-16(17)7-3-4-8-16/h14H,2-13H2,1H3. The number of hydrogen-bond acceptors (Lipinski definition) is 3. The van der Waals surface area contributed by atoms with Crippen LogP contribution >= 0.6 is 0 Å². The summed E-state index contributed by atoms with van der Waals surface area (Å²) in [6.45, 7) is 6.29. The number of likely N-dealkylation sites (tertiary alicyclic amines) is 1. The summed E-state index contributed by atoms with van der Waals surface area (Å²) >= 11 is 0. The van der Waals surface area contributed by atoms with Gasteiger partial charge in [-0.25, -0.2) is 0 Å². The van der Waals surface area contributed by atoms with Gasteiger partial charge in [-0.15, -0.1) is 0 Å². The minimum absolute atomic E-state index is 0.174. The third-order valence-electron chi connectivity index (χ3n) is 5.53. The van der Waals surface area contributed by atoms with Crippen molar-refractivity contribution in [2.75, 3.05) is 32.8 Å². The van der Waals surface area contributed by atoms with Crippen LogP contribution in [-0.2, 0) is 9.53 Å². The van der Waals surface area contributed by atoms with Gasteiger partial charge in [-0.1, -0.05) is 12.8 Å². The number of amides is 1. The van der Waals surface area contributed by atoms with Crippen LogP contribution in [0.2, 0.25) is 0 Å². The van der Waals surface area contributed by atoms with Crippen molar-refractivity contribution in [3.05, 3.63) is 0 Å². The van der Waals surface area contributed by atoms with E-state index in [0.29, 0.717) is 18.5 Å². The Morgan fingerprint density at radius 1 is 1.20 bits per heavy atom. The Labute approximate surface area is 122 Å². The van der Waals surface area contributed by atoms with Crippen LogP contribution in [0.5, 0.6) is 0 Å². The number of nitrogens with zero attached hydrogens (tertiary/aromatic N) is 2. The summed E-state index contributed by atoms with van der Waals surface area (Å²) in [6.07, 6.45) is 8.59. The normalized spacial score (nSPS) is 30.9. The first-order valence-electron chi connectivity index (χ1n) is 8.34. The van der Waals surface area contributed by atoms with Gasteiger partial charge in [0.2, 0.25) is 5.91 Å². The van der Waals surface area contributed by atoms with Crippen LogP contribution < -0.4 is 0 Å². The van der Waals surface area contributed by atoms with Gasteiger partial charge in [-0.3, -0.25) is 9.69 Å². The van der Waals surface area contributed by atoms with E-state index in [0.717, 1.165) is 26.3 Å². The van der Waals surface area contributed by atoms with Crippen LogP contribution in [0.25, 0.3) is 0 Å². The molecule has 4 nitrogen and oxygen atoms in total. The summed E-state index contributed by atoms with van der Waals surface area (Å²) in [6, 6.07) is 0.428. The molecule has 0 N–H and O–H groups in total. The average Bonchev–Trinajstić information content (AvgIpc) is 2.91. The lowest BCUT2D eigenvalue weighted by Gasteiger charge is -2.45. The summed E-state index contributed by atoms with van der Waals surface area (Å²) in [5.41, 5.74) is 0.174. The lowest BCUT2D eigenvalue weighted by atomic mass is 9.94. The van der Waals surface area contributed by atoms with Gasteiger partial charge >= 0.3 is 0 Å². The fourth-order valence-corrected chi connectivity index (χ4v) is 4.23. The van der Waals surface area contributed by atoms with Crippen molar-refractivity contribution in [3.63, 3.8) is 0 Å². The maximum Gasteiger partial charge on any atom is 0.237 e. The zero-order chi connectivity index (χ0) is 14.0. The molecule has 3 aliphatic rings. The molecule has 2 heterocycles. The Bertz CT molecular complexity index is 352. The van der Waals surface area contributed by atoms with Gasteiger partial charge in [0.05, 0.1) is 19.8 Å². The molecule has 0 aromatic heterocycles. The monoisotopic (exact) mass is 280 g/mol. The van der Waals surface area contributed by atoms with Crippen LogP contribution in [0, 0.1) is 0 Å². The van der Waals surface area contributed by atoms with Gasteiger partial charge in [-0.05, 0) is 39.0 Å². The van der Waals surface area contributed by atoms with Crippen LogP contribution in [-0.4, -0.2) is 60.1 Å². The summed E-state index contributed by atoms with van der Waals surface area (Å²) in [5, 5.41) is 0. The fraction of sp³-hybridized carbons (Fsp3) is 0.938. The van der Waals surface area contributed by atoms with Gasteiger partial charge < -0.3 is 9.64 Å². The number of rotatable bonds is 2. The van der Waals surface area contributed by atoms with Crippen molar-refractivity contribution >= 4 is 5.91 Å². The van der Waals surface area contributed by atoms with Crippen molar-refractivity contribution in [2.45, 2.75) is 63.5 Å². The van der Waals surface area contributed by atoms with Crippen molar-refractivity contribution < 1.29 is 9.53 Å². The van der Waals surface area contributed by atoms with Crippen LogP contribution in [0.1, 0.15) is 51.9 Å². The van der Waals surface area contributed by atoms with E-state index in [-0.39, 0.29) is 5.54 Å². The van der Waals surface area contributed by atoms with Crippen molar-refractivity contribution in [1.29, 1.82) is 0 Å². The highest BCUT2D eigenvalue weighted by Gasteiger charge is 2.43. The van der Waals surface area contributed by atoms with Crippen molar-refractivity contribution in [1.82, 2.24) is 9.80 Å². The van der Waals surface area contributed by atoms with Gasteiger partial charge in [0, 0.05) is 24.7 Å². The summed E-state index contributed by atoms with van der Waals surface area (Å²) < 4.78 is 5.72. The molecule has 1 spiro atoms. The lowest BCUT2D eigenvalue weighted by Crippen LogP contribution is -2.58. The second kappa shape index (κ2) is 6.02. The fourth-order valence-electron chi connectivity index (χ4n) is 4.23. The second-order valence-corrected chi connectivity index (χ2v) is 6.84. The smallest absolute Gasteiger partial charge is 0.237 e. The van der Waals surface area contributed by atoms with Crippen molar-refractivity contribution in [3.8, 4) is 0 Å². The first-order valence-corrected chi connectivity index (χ1v) is 8.34. The second-order valence-electron chi connectivity index (χ2n) is 6.84. The minimum atomic E-state index is 0.174. The average molecular weight is 280 g/mol.